The molecule has 166 valence electrons. The minimum Gasteiger partial charge on any atom is -0.463 e. The number of amides is 1. The number of morpholine rings is 1. The first-order chi connectivity index (χ1) is 15.5. The van der Waals surface area contributed by atoms with Crippen molar-refractivity contribution in [3.8, 4) is 0 Å². The van der Waals surface area contributed by atoms with Crippen LogP contribution in [0.5, 0.6) is 0 Å². The SMILES string of the molecule is CCOC(=O)/C=c1/s/c(=C/c2ccc3ncccc3c2)c(=O)n1CC(=O)N1CCOCC1. The number of fused-ring (bicyclic) bond motifs is 1. The van der Waals surface area contributed by atoms with E-state index in [4.69, 9.17) is 9.47 Å². The molecule has 2 aromatic heterocycles. The maximum Gasteiger partial charge on any atom is 0.333 e. The van der Waals surface area contributed by atoms with Gasteiger partial charge in [-0.1, -0.05) is 12.1 Å². The Labute approximate surface area is 188 Å². The summed E-state index contributed by atoms with van der Waals surface area (Å²) < 4.78 is 12.4. The lowest BCUT2D eigenvalue weighted by atomic mass is 10.1. The molecule has 3 aromatic rings. The Morgan fingerprint density at radius 1 is 1.25 bits per heavy atom. The predicted octanol–water partition coefficient (Wildman–Crippen LogP) is 0.489. The number of nitrogens with zero attached hydrogens (tertiary/aromatic N) is 3. The molecular weight excluding hydrogens is 430 g/mol. The molecule has 1 saturated heterocycles. The van der Waals surface area contributed by atoms with Gasteiger partial charge in [0.2, 0.25) is 5.91 Å². The summed E-state index contributed by atoms with van der Waals surface area (Å²) in [6.45, 7) is 3.71. The van der Waals surface area contributed by atoms with Gasteiger partial charge in [-0.3, -0.25) is 19.1 Å². The summed E-state index contributed by atoms with van der Waals surface area (Å²) in [5, 5.41) is 0.957. The third kappa shape index (κ3) is 4.95. The van der Waals surface area contributed by atoms with Crippen molar-refractivity contribution in [1.82, 2.24) is 14.5 Å². The van der Waals surface area contributed by atoms with Crippen LogP contribution in [0.4, 0.5) is 0 Å². The molecule has 0 saturated carbocycles. The lowest BCUT2D eigenvalue weighted by Crippen LogP contribution is -2.45. The molecule has 3 heterocycles. The third-order valence-corrected chi connectivity index (χ3v) is 6.11. The van der Waals surface area contributed by atoms with E-state index in [1.54, 1.807) is 24.1 Å². The molecule has 0 atom stereocenters. The summed E-state index contributed by atoms with van der Waals surface area (Å²) in [4.78, 5) is 44.0. The Hall–Kier alpha value is -3.30. The van der Waals surface area contributed by atoms with Gasteiger partial charge in [0.15, 0.2) is 0 Å². The van der Waals surface area contributed by atoms with Crippen LogP contribution < -0.4 is 14.8 Å². The molecule has 0 aliphatic carbocycles. The predicted molar refractivity (Wildman–Crippen MR) is 122 cm³/mol. The lowest BCUT2D eigenvalue weighted by molar-refractivity contribution is -0.136. The van der Waals surface area contributed by atoms with Gasteiger partial charge in [0.1, 0.15) is 11.2 Å². The smallest absolute Gasteiger partial charge is 0.333 e. The number of rotatable bonds is 5. The van der Waals surface area contributed by atoms with Crippen molar-refractivity contribution in [3.05, 3.63) is 61.6 Å². The van der Waals surface area contributed by atoms with Gasteiger partial charge in [-0.15, -0.1) is 11.3 Å². The topological polar surface area (TPSA) is 90.7 Å². The quantitative estimate of drug-likeness (QED) is 0.523. The van der Waals surface area contributed by atoms with Crippen LogP contribution in [-0.4, -0.2) is 59.2 Å². The molecule has 0 spiro atoms. The van der Waals surface area contributed by atoms with Crippen LogP contribution in [-0.2, 0) is 25.6 Å². The molecule has 4 rings (SSSR count). The van der Waals surface area contributed by atoms with E-state index < -0.39 is 5.97 Å². The minimum atomic E-state index is -0.551. The third-order valence-electron chi connectivity index (χ3n) is 5.05. The zero-order valence-electron chi connectivity index (χ0n) is 17.7. The van der Waals surface area contributed by atoms with Crippen molar-refractivity contribution < 1.29 is 19.1 Å². The molecule has 1 aliphatic rings. The molecule has 0 N–H and O–H groups in total. The summed E-state index contributed by atoms with van der Waals surface area (Å²) in [5.74, 6) is -0.736. The number of thiazole rings is 1. The zero-order chi connectivity index (χ0) is 22.5. The number of carbonyl (C=O) groups is 2. The van der Waals surface area contributed by atoms with Crippen molar-refractivity contribution in [2.45, 2.75) is 13.5 Å². The molecule has 1 amide bonds. The molecule has 1 aliphatic heterocycles. The van der Waals surface area contributed by atoms with E-state index in [1.165, 1.54) is 10.6 Å². The average Bonchev–Trinajstić information content (AvgIpc) is 3.08. The maximum absolute atomic E-state index is 13.2. The second-order valence-electron chi connectivity index (χ2n) is 7.19. The first-order valence-corrected chi connectivity index (χ1v) is 11.2. The Morgan fingerprint density at radius 2 is 2.06 bits per heavy atom. The van der Waals surface area contributed by atoms with E-state index in [9.17, 15) is 14.4 Å². The largest absolute Gasteiger partial charge is 0.463 e. The van der Waals surface area contributed by atoms with Gasteiger partial charge < -0.3 is 14.4 Å². The van der Waals surface area contributed by atoms with Crippen molar-refractivity contribution in [2.24, 2.45) is 0 Å². The number of ether oxygens (including phenoxy) is 2. The van der Waals surface area contributed by atoms with Crippen molar-refractivity contribution in [2.75, 3.05) is 32.9 Å². The molecule has 32 heavy (non-hydrogen) atoms. The Balaban J connectivity index is 1.75. The van der Waals surface area contributed by atoms with Crippen LogP contribution in [0.3, 0.4) is 0 Å². The minimum absolute atomic E-state index is 0.143. The summed E-state index contributed by atoms with van der Waals surface area (Å²) in [6, 6.07) is 9.52. The number of hydrogen-bond donors (Lipinski definition) is 0. The number of carbonyl (C=O) groups excluding carboxylic acids is 2. The fourth-order valence-electron chi connectivity index (χ4n) is 3.46. The lowest BCUT2D eigenvalue weighted by Gasteiger charge is -2.26. The highest BCUT2D eigenvalue weighted by Gasteiger charge is 2.19. The number of aromatic nitrogens is 2. The van der Waals surface area contributed by atoms with Gasteiger partial charge in [0, 0.05) is 24.7 Å². The van der Waals surface area contributed by atoms with E-state index in [2.05, 4.69) is 4.98 Å². The van der Waals surface area contributed by atoms with Gasteiger partial charge >= 0.3 is 5.97 Å². The van der Waals surface area contributed by atoms with Crippen LogP contribution in [0.15, 0.2) is 41.3 Å². The zero-order valence-corrected chi connectivity index (χ0v) is 18.5. The van der Waals surface area contributed by atoms with Crippen LogP contribution in [0.1, 0.15) is 12.5 Å². The van der Waals surface area contributed by atoms with Crippen molar-refractivity contribution in [1.29, 1.82) is 0 Å². The molecule has 8 nitrogen and oxygen atoms in total. The molecule has 0 unspecified atom stereocenters. The normalized spacial score (nSPS) is 15.3. The first kappa shape index (κ1) is 21.9. The molecule has 0 bridgehead atoms. The second-order valence-corrected chi connectivity index (χ2v) is 8.25. The Kier molecular flexibility index (Phi) is 6.77. The first-order valence-electron chi connectivity index (χ1n) is 10.4. The van der Waals surface area contributed by atoms with E-state index in [1.807, 2.05) is 30.3 Å². The highest BCUT2D eigenvalue weighted by molar-refractivity contribution is 7.07. The highest BCUT2D eigenvalue weighted by Crippen LogP contribution is 2.13. The highest BCUT2D eigenvalue weighted by atomic mass is 32.1. The van der Waals surface area contributed by atoms with E-state index in [0.717, 1.165) is 27.8 Å². The van der Waals surface area contributed by atoms with Gasteiger partial charge in [-0.2, -0.15) is 0 Å². The van der Waals surface area contributed by atoms with Crippen LogP contribution >= 0.6 is 11.3 Å². The number of esters is 1. The summed E-state index contributed by atoms with van der Waals surface area (Å²) in [7, 11) is 0. The van der Waals surface area contributed by atoms with Crippen molar-refractivity contribution >= 4 is 46.3 Å². The molecular formula is C23H23N3O5S. The number of pyridine rings is 1. The van der Waals surface area contributed by atoms with E-state index in [-0.39, 0.29) is 24.6 Å². The van der Waals surface area contributed by atoms with E-state index >= 15 is 0 Å². The number of hydrogen-bond acceptors (Lipinski definition) is 7. The van der Waals surface area contributed by atoms with Gasteiger partial charge in [0.25, 0.3) is 5.56 Å². The van der Waals surface area contributed by atoms with Gasteiger partial charge in [-0.05, 0) is 36.8 Å². The van der Waals surface area contributed by atoms with E-state index in [0.29, 0.717) is 35.5 Å². The fraction of sp³-hybridized carbons (Fsp3) is 0.304. The summed E-state index contributed by atoms with van der Waals surface area (Å²) in [5.41, 5.74) is 1.37. The Morgan fingerprint density at radius 3 is 2.84 bits per heavy atom. The summed E-state index contributed by atoms with van der Waals surface area (Å²) >= 11 is 1.16. The standard InChI is InChI=1S/C23H23N3O5S/c1-2-31-22(28)14-21-26(15-20(27)25-8-10-30-11-9-25)23(29)19(32-21)13-16-5-6-18-17(12-16)4-3-7-24-18/h3-7,12-14H,2,8-11,15H2,1H3/b19-13+,21-14+. The average molecular weight is 454 g/mol. The Bertz CT molecular complexity index is 1320. The second kappa shape index (κ2) is 9.88. The van der Waals surface area contributed by atoms with Crippen LogP contribution in [0.25, 0.3) is 23.1 Å². The molecule has 1 aromatic carbocycles. The number of benzene rings is 1. The van der Waals surface area contributed by atoms with Crippen LogP contribution in [0.2, 0.25) is 0 Å². The van der Waals surface area contributed by atoms with Gasteiger partial charge in [0.05, 0.1) is 35.9 Å². The van der Waals surface area contributed by atoms with Gasteiger partial charge in [-0.25, -0.2) is 4.79 Å². The maximum atomic E-state index is 13.2. The fourth-order valence-corrected chi connectivity index (χ4v) is 4.49. The monoisotopic (exact) mass is 453 g/mol. The molecule has 9 heteroatoms. The summed E-state index contributed by atoms with van der Waals surface area (Å²) in [6.07, 6.45) is 4.76. The molecule has 0 radical (unpaired) electrons. The van der Waals surface area contributed by atoms with Crippen molar-refractivity contribution in [3.63, 3.8) is 0 Å². The molecule has 1 fully saturated rings. The van der Waals surface area contributed by atoms with Crippen LogP contribution in [0, 0.1) is 0 Å².